The van der Waals surface area contributed by atoms with Crippen LogP contribution < -0.4 is 5.32 Å². The molecule has 1 N–H and O–H groups in total. The average molecular weight is 388 g/mol. The fourth-order valence-corrected chi connectivity index (χ4v) is 3.50. The second-order valence-electron chi connectivity index (χ2n) is 7.15. The van der Waals surface area contributed by atoms with Gasteiger partial charge in [0.05, 0.1) is 11.9 Å². The average Bonchev–Trinajstić information content (AvgIpc) is 3.29. The van der Waals surface area contributed by atoms with Gasteiger partial charge in [0.25, 0.3) is 0 Å². The predicted octanol–water partition coefficient (Wildman–Crippen LogP) is 3.12. The van der Waals surface area contributed by atoms with Gasteiger partial charge in [-0.25, -0.2) is 9.67 Å². The lowest BCUT2D eigenvalue weighted by Gasteiger charge is -2.07. The maximum atomic E-state index is 12.4. The summed E-state index contributed by atoms with van der Waals surface area (Å²) in [4.78, 5) is 16.9. The molecule has 0 atom stereocenters. The molecule has 0 aliphatic heterocycles. The molecular formula is C22H24N6O. The number of aryl methyl sites for hydroxylation is 3. The molecule has 0 saturated heterocycles. The lowest BCUT2D eigenvalue weighted by molar-refractivity contribution is -0.121. The number of hydrogen-bond donors (Lipinski definition) is 1. The summed E-state index contributed by atoms with van der Waals surface area (Å²) in [6, 6.07) is 12.2. The van der Waals surface area contributed by atoms with Gasteiger partial charge in [0, 0.05) is 30.9 Å². The molecule has 0 saturated carbocycles. The maximum Gasteiger partial charge on any atom is 0.241 e. The van der Waals surface area contributed by atoms with Gasteiger partial charge in [-0.2, -0.15) is 10.2 Å². The summed E-state index contributed by atoms with van der Waals surface area (Å²) in [5.41, 5.74) is 4.92. The molecule has 29 heavy (non-hydrogen) atoms. The summed E-state index contributed by atoms with van der Waals surface area (Å²) in [6.45, 7) is 5.49. The Morgan fingerprint density at radius 3 is 2.72 bits per heavy atom. The van der Waals surface area contributed by atoms with E-state index < -0.39 is 0 Å². The molecule has 3 heterocycles. The van der Waals surface area contributed by atoms with Gasteiger partial charge in [-0.1, -0.05) is 30.3 Å². The van der Waals surface area contributed by atoms with Crippen molar-refractivity contribution in [2.75, 3.05) is 6.54 Å². The monoisotopic (exact) mass is 388 g/mol. The number of benzene rings is 1. The quantitative estimate of drug-likeness (QED) is 0.494. The standard InChI is InChI=1S/C22H24N6O/c1-16-13-25-27(14-16)12-6-10-23-20(29)15-28-22-21(17(2)26-28)19(9-11-24-22)18-7-4-3-5-8-18/h3-5,7-9,11,13-14H,6,10,12,15H2,1-2H3,(H,23,29). The number of carbonyl (C=O) groups is 1. The van der Waals surface area contributed by atoms with Gasteiger partial charge in [0.15, 0.2) is 5.65 Å². The van der Waals surface area contributed by atoms with Crippen LogP contribution in [0.15, 0.2) is 55.0 Å². The number of amides is 1. The van der Waals surface area contributed by atoms with Crippen molar-refractivity contribution < 1.29 is 4.79 Å². The third-order valence-corrected chi connectivity index (χ3v) is 4.83. The summed E-state index contributed by atoms with van der Waals surface area (Å²) in [7, 11) is 0. The zero-order chi connectivity index (χ0) is 20.2. The van der Waals surface area contributed by atoms with Crippen LogP contribution in [0.1, 0.15) is 17.7 Å². The number of pyridine rings is 1. The minimum Gasteiger partial charge on any atom is -0.354 e. The van der Waals surface area contributed by atoms with Crippen LogP contribution in [-0.2, 0) is 17.9 Å². The van der Waals surface area contributed by atoms with Crippen molar-refractivity contribution >= 4 is 16.9 Å². The summed E-state index contributed by atoms with van der Waals surface area (Å²) in [5.74, 6) is -0.0713. The molecule has 0 bridgehead atoms. The smallest absolute Gasteiger partial charge is 0.241 e. The van der Waals surface area contributed by atoms with Crippen LogP contribution in [0, 0.1) is 13.8 Å². The number of nitrogens with one attached hydrogen (secondary N) is 1. The molecule has 7 heteroatoms. The molecule has 4 rings (SSSR count). The second-order valence-corrected chi connectivity index (χ2v) is 7.15. The molecule has 0 unspecified atom stereocenters. The third-order valence-electron chi connectivity index (χ3n) is 4.83. The fourth-order valence-electron chi connectivity index (χ4n) is 3.50. The Bertz CT molecular complexity index is 1130. The first kappa shape index (κ1) is 18.9. The highest BCUT2D eigenvalue weighted by molar-refractivity contribution is 5.95. The van der Waals surface area contributed by atoms with Crippen molar-refractivity contribution in [1.29, 1.82) is 0 Å². The molecule has 4 aromatic rings. The lowest BCUT2D eigenvalue weighted by atomic mass is 10.0. The van der Waals surface area contributed by atoms with E-state index in [1.54, 1.807) is 10.9 Å². The van der Waals surface area contributed by atoms with E-state index in [9.17, 15) is 4.79 Å². The highest BCUT2D eigenvalue weighted by atomic mass is 16.2. The van der Waals surface area contributed by atoms with Crippen LogP contribution in [0.5, 0.6) is 0 Å². The summed E-state index contributed by atoms with van der Waals surface area (Å²) < 4.78 is 3.57. The van der Waals surface area contributed by atoms with Gasteiger partial charge in [0.1, 0.15) is 6.54 Å². The number of carbonyl (C=O) groups excluding carboxylic acids is 1. The normalized spacial score (nSPS) is 11.1. The van der Waals surface area contributed by atoms with Gasteiger partial charge >= 0.3 is 0 Å². The zero-order valence-corrected chi connectivity index (χ0v) is 16.7. The molecule has 1 aromatic carbocycles. The topological polar surface area (TPSA) is 77.6 Å². The number of aromatic nitrogens is 5. The first-order chi connectivity index (χ1) is 14.1. The van der Waals surface area contributed by atoms with E-state index in [-0.39, 0.29) is 12.5 Å². The number of rotatable bonds is 7. The Morgan fingerprint density at radius 1 is 1.14 bits per heavy atom. The molecule has 0 aliphatic carbocycles. The highest BCUT2D eigenvalue weighted by Gasteiger charge is 2.15. The molecule has 0 spiro atoms. The van der Waals surface area contributed by atoms with E-state index in [0.29, 0.717) is 6.54 Å². The van der Waals surface area contributed by atoms with Crippen LogP contribution in [0.25, 0.3) is 22.2 Å². The van der Waals surface area contributed by atoms with Crippen molar-refractivity contribution in [2.45, 2.75) is 33.4 Å². The van der Waals surface area contributed by atoms with Gasteiger partial charge in [-0.15, -0.1) is 0 Å². The number of nitrogens with zero attached hydrogens (tertiary/aromatic N) is 5. The predicted molar refractivity (Wildman–Crippen MR) is 112 cm³/mol. The van der Waals surface area contributed by atoms with E-state index in [4.69, 9.17) is 0 Å². The van der Waals surface area contributed by atoms with E-state index >= 15 is 0 Å². The summed E-state index contributed by atoms with van der Waals surface area (Å²) >= 11 is 0. The molecule has 7 nitrogen and oxygen atoms in total. The molecule has 0 aliphatic rings. The van der Waals surface area contributed by atoms with E-state index in [1.807, 2.05) is 55.2 Å². The molecule has 0 fully saturated rings. The molecule has 1 amide bonds. The Balaban J connectivity index is 1.43. The van der Waals surface area contributed by atoms with Gasteiger partial charge < -0.3 is 5.32 Å². The van der Waals surface area contributed by atoms with E-state index in [2.05, 4.69) is 32.6 Å². The van der Waals surface area contributed by atoms with Crippen LogP contribution in [-0.4, -0.2) is 37.0 Å². The maximum absolute atomic E-state index is 12.4. The number of hydrogen-bond acceptors (Lipinski definition) is 4. The molecule has 0 radical (unpaired) electrons. The van der Waals surface area contributed by atoms with Crippen LogP contribution in [0.3, 0.4) is 0 Å². The summed E-state index contributed by atoms with van der Waals surface area (Å²) in [6.07, 6.45) is 6.42. The third kappa shape index (κ3) is 4.18. The van der Waals surface area contributed by atoms with E-state index in [0.717, 1.165) is 46.4 Å². The molecule has 148 valence electrons. The Hall–Kier alpha value is -3.48. The highest BCUT2D eigenvalue weighted by Crippen LogP contribution is 2.29. The van der Waals surface area contributed by atoms with E-state index in [1.165, 1.54) is 0 Å². The van der Waals surface area contributed by atoms with Crippen molar-refractivity contribution in [3.05, 3.63) is 66.2 Å². The van der Waals surface area contributed by atoms with Gasteiger partial charge in [-0.3, -0.25) is 9.48 Å². The van der Waals surface area contributed by atoms with Crippen LogP contribution in [0.4, 0.5) is 0 Å². The minimum absolute atomic E-state index is 0.0713. The SMILES string of the molecule is Cc1cnn(CCCNC(=O)Cn2nc(C)c3c(-c4ccccc4)ccnc32)c1. The van der Waals surface area contributed by atoms with Crippen molar-refractivity contribution in [1.82, 2.24) is 29.9 Å². The van der Waals surface area contributed by atoms with Crippen molar-refractivity contribution in [3.8, 4) is 11.1 Å². The zero-order valence-electron chi connectivity index (χ0n) is 16.7. The second kappa shape index (κ2) is 8.26. The first-order valence-corrected chi connectivity index (χ1v) is 9.75. The number of fused-ring (bicyclic) bond motifs is 1. The first-order valence-electron chi connectivity index (χ1n) is 9.75. The van der Waals surface area contributed by atoms with Crippen molar-refractivity contribution in [3.63, 3.8) is 0 Å². The van der Waals surface area contributed by atoms with Crippen LogP contribution >= 0.6 is 0 Å². The largest absolute Gasteiger partial charge is 0.354 e. The Kier molecular flexibility index (Phi) is 5.37. The van der Waals surface area contributed by atoms with Crippen molar-refractivity contribution in [2.24, 2.45) is 0 Å². The fraction of sp³-hybridized carbons (Fsp3) is 0.273. The van der Waals surface area contributed by atoms with Crippen LogP contribution in [0.2, 0.25) is 0 Å². The lowest BCUT2D eigenvalue weighted by Crippen LogP contribution is -2.29. The van der Waals surface area contributed by atoms with Gasteiger partial charge in [0.2, 0.25) is 5.91 Å². The van der Waals surface area contributed by atoms with Gasteiger partial charge in [-0.05, 0) is 43.0 Å². The Labute approximate surface area is 169 Å². The minimum atomic E-state index is -0.0713. The molecule has 3 aromatic heterocycles. The Morgan fingerprint density at radius 2 is 1.97 bits per heavy atom. The summed E-state index contributed by atoms with van der Waals surface area (Å²) in [5, 5.41) is 12.8. The molecular weight excluding hydrogens is 364 g/mol.